The van der Waals surface area contributed by atoms with Crippen LogP contribution in [-0.4, -0.2) is 30.6 Å². The average Bonchev–Trinajstić information content (AvgIpc) is 2.40. The molecule has 0 saturated carbocycles. The number of rotatable bonds is 5. The fraction of sp³-hybridized carbons (Fsp3) is 0.533. The van der Waals surface area contributed by atoms with Gasteiger partial charge in [-0.1, -0.05) is 31.5 Å². The summed E-state index contributed by atoms with van der Waals surface area (Å²) in [6.07, 6.45) is 0. The Hall–Kier alpha value is -1.26. The van der Waals surface area contributed by atoms with Crippen molar-refractivity contribution in [1.82, 2.24) is 4.90 Å². The first kappa shape index (κ1) is 16.8. The monoisotopic (exact) mass is 297 g/mol. The molecule has 20 heavy (non-hydrogen) atoms. The topological polar surface area (TPSA) is 58.4 Å². The van der Waals surface area contributed by atoms with Crippen molar-refractivity contribution in [3.63, 3.8) is 0 Å². The zero-order valence-corrected chi connectivity index (χ0v) is 13.4. The maximum atomic E-state index is 12.3. The van der Waals surface area contributed by atoms with Crippen LogP contribution in [-0.2, 0) is 0 Å². The number of anilines is 1. The van der Waals surface area contributed by atoms with Gasteiger partial charge in [-0.15, -0.1) is 0 Å². The van der Waals surface area contributed by atoms with Gasteiger partial charge in [-0.05, 0) is 43.5 Å². The minimum absolute atomic E-state index is 0.0989. The Morgan fingerprint density at radius 3 is 2.60 bits per heavy atom. The highest BCUT2D eigenvalue weighted by Gasteiger charge is 2.22. The summed E-state index contributed by atoms with van der Waals surface area (Å²) in [5, 5.41) is 3.52. The summed E-state index contributed by atoms with van der Waals surface area (Å²) in [4.78, 5) is 14.0. The lowest BCUT2D eigenvalue weighted by molar-refractivity contribution is 0.185. The molecule has 0 fully saturated rings. The summed E-state index contributed by atoms with van der Waals surface area (Å²) in [6, 6.07) is 5.37. The molecule has 0 atom stereocenters. The maximum Gasteiger partial charge on any atom is 0.321 e. The van der Waals surface area contributed by atoms with E-state index >= 15 is 0 Å². The van der Waals surface area contributed by atoms with Crippen molar-refractivity contribution in [2.45, 2.75) is 27.7 Å². The smallest absolute Gasteiger partial charge is 0.321 e. The Morgan fingerprint density at radius 1 is 1.45 bits per heavy atom. The molecule has 5 heteroatoms. The molecule has 0 heterocycles. The van der Waals surface area contributed by atoms with Crippen molar-refractivity contribution >= 4 is 23.3 Å². The number of aryl methyl sites for hydroxylation is 1. The number of hydrogen-bond acceptors (Lipinski definition) is 2. The molecule has 0 bridgehead atoms. The lowest BCUT2D eigenvalue weighted by Gasteiger charge is -2.31. The molecule has 1 rings (SSSR count). The fourth-order valence-electron chi connectivity index (χ4n) is 1.78. The Balaban J connectivity index is 2.74. The van der Waals surface area contributed by atoms with E-state index in [2.05, 4.69) is 5.32 Å². The highest BCUT2D eigenvalue weighted by Crippen LogP contribution is 2.21. The van der Waals surface area contributed by atoms with E-state index in [0.717, 1.165) is 5.56 Å². The van der Waals surface area contributed by atoms with Gasteiger partial charge in [0.1, 0.15) is 0 Å². The van der Waals surface area contributed by atoms with Crippen LogP contribution in [0.4, 0.5) is 10.5 Å². The quantitative estimate of drug-likeness (QED) is 0.874. The van der Waals surface area contributed by atoms with Crippen molar-refractivity contribution in [2.75, 3.05) is 25.0 Å². The van der Waals surface area contributed by atoms with Crippen molar-refractivity contribution in [1.29, 1.82) is 0 Å². The van der Waals surface area contributed by atoms with Gasteiger partial charge in [-0.3, -0.25) is 0 Å². The fourth-order valence-corrected chi connectivity index (χ4v) is 1.96. The number of benzene rings is 1. The van der Waals surface area contributed by atoms with Crippen LogP contribution < -0.4 is 11.1 Å². The normalized spacial score (nSPS) is 11.3. The Bertz CT molecular complexity index is 474. The minimum atomic E-state index is -0.131. The van der Waals surface area contributed by atoms with E-state index in [-0.39, 0.29) is 11.4 Å². The van der Waals surface area contributed by atoms with Crippen LogP contribution >= 0.6 is 11.6 Å². The number of nitrogens with one attached hydrogen (secondary N) is 1. The third kappa shape index (κ3) is 4.69. The Morgan fingerprint density at radius 2 is 2.10 bits per heavy atom. The average molecular weight is 298 g/mol. The van der Waals surface area contributed by atoms with Gasteiger partial charge in [-0.25, -0.2) is 4.79 Å². The standard InChI is InChI=1S/C15H24ClN3O/c1-5-19(10-15(3,4)9-17)14(20)18-12-7-6-11(2)13(16)8-12/h6-8H,5,9-10,17H2,1-4H3,(H,18,20). The third-order valence-corrected chi connectivity index (χ3v) is 3.67. The molecule has 0 radical (unpaired) electrons. The van der Waals surface area contributed by atoms with Gasteiger partial charge >= 0.3 is 6.03 Å². The second-order valence-corrected chi connectivity index (χ2v) is 6.18. The van der Waals surface area contributed by atoms with Crippen molar-refractivity contribution in [3.8, 4) is 0 Å². The molecule has 1 aromatic carbocycles. The lowest BCUT2D eigenvalue weighted by Crippen LogP contribution is -2.43. The van der Waals surface area contributed by atoms with Gasteiger partial charge in [0.25, 0.3) is 0 Å². The van der Waals surface area contributed by atoms with E-state index in [9.17, 15) is 4.79 Å². The van der Waals surface area contributed by atoms with Crippen LogP contribution in [0.25, 0.3) is 0 Å². The number of amides is 2. The van der Waals surface area contributed by atoms with Gasteiger partial charge in [0.05, 0.1) is 0 Å². The number of carbonyl (C=O) groups excluding carboxylic acids is 1. The van der Waals surface area contributed by atoms with E-state index < -0.39 is 0 Å². The summed E-state index contributed by atoms with van der Waals surface area (Å²) >= 11 is 6.06. The highest BCUT2D eigenvalue weighted by molar-refractivity contribution is 6.31. The molecule has 1 aromatic rings. The summed E-state index contributed by atoms with van der Waals surface area (Å²) < 4.78 is 0. The molecule has 112 valence electrons. The third-order valence-electron chi connectivity index (χ3n) is 3.26. The molecular weight excluding hydrogens is 274 g/mol. The van der Waals surface area contributed by atoms with Crippen LogP contribution in [0.3, 0.4) is 0 Å². The van der Waals surface area contributed by atoms with Crippen LogP contribution in [0.1, 0.15) is 26.3 Å². The molecular formula is C15H24ClN3O. The molecule has 4 nitrogen and oxygen atoms in total. The first-order valence-electron chi connectivity index (χ1n) is 6.81. The SMILES string of the molecule is CCN(CC(C)(C)CN)C(=O)Nc1ccc(C)c(Cl)c1. The van der Waals surface area contributed by atoms with Crippen LogP contribution in [0, 0.1) is 12.3 Å². The van der Waals surface area contributed by atoms with Gasteiger partial charge in [0, 0.05) is 23.8 Å². The number of nitrogens with two attached hydrogens (primary N) is 1. The number of nitrogens with zero attached hydrogens (tertiary/aromatic N) is 1. The lowest BCUT2D eigenvalue weighted by atomic mass is 9.93. The van der Waals surface area contributed by atoms with Crippen LogP contribution in [0.5, 0.6) is 0 Å². The van der Waals surface area contributed by atoms with Crippen LogP contribution in [0.2, 0.25) is 5.02 Å². The van der Waals surface area contributed by atoms with Crippen molar-refractivity contribution in [2.24, 2.45) is 11.1 Å². The summed E-state index contributed by atoms with van der Waals surface area (Å²) in [6.45, 7) is 9.76. The number of hydrogen-bond donors (Lipinski definition) is 2. The molecule has 0 unspecified atom stereocenters. The predicted molar refractivity (Wildman–Crippen MR) is 85.3 cm³/mol. The van der Waals surface area contributed by atoms with E-state index in [0.29, 0.717) is 30.3 Å². The zero-order valence-electron chi connectivity index (χ0n) is 12.7. The summed E-state index contributed by atoms with van der Waals surface area (Å²) in [5.41, 5.74) is 7.31. The summed E-state index contributed by atoms with van der Waals surface area (Å²) in [7, 11) is 0. The Labute approximate surface area is 126 Å². The van der Waals surface area contributed by atoms with Gasteiger partial charge in [0.2, 0.25) is 0 Å². The van der Waals surface area contributed by atoms with E-state index in [1.807, 2.05) is 39.8 Å². The number of carbonyl (C=O) groups is 1. The summed E-state index contributed by atoms with van der Waals surface area (Å²) in [5.74, 6) is 0. The van der Waals surface area contributed by atoms with Crippen molar-refractivity contribution < 1.29 is 4.79 Å². The van der Waals surface area contributed by atoms with E-state index in [1.54, 1.807) is 11.0 Å². The first-order chi connectivity index (χ1) is 9.29. The van der Waals surface area contributed by atoms with Crippen LogP contribution in [0.15, 0.2) is 18.2 Å². The molecule has 0 spiro atoms. The van der Waals surface area contributed by atoms with Crippen molar-refractivity contribution in [3.05, 3.63) is 28.8 Å². The Kier molecular flexibility index (Phi) is 5.84. The maximum absolute atomic E-state index is 12.3. The molecule has 0 aromatic heterocycles. The molecule has 0 aliphatic heterocycles. The van der Waals surface area contributed by atoms with E-state index in [4.69, 9.17) is 17.3 Å². The molecule has 0 aliphatic rings. The number of halogens is 1. The molecule has 3 N–H and O–H groups in total. The minimum Gasteiger partial charge on any atom is -0.330 e. The molecule has 2 amide bonds. The second-order valence-electron chi connectivity index (χ2n) is 5.78. The second kappa shape index (κ2) is 6.95. The molecule has 0 aliphatic carbocycles. The van der Waals surface area contributed by atoms with E-state index in [1.165, 1.54) is 0 Å². The van der Waals surface area contributed by atoms with Gasteiger partial charge in [0.15, 0.2) is 0 Å². The highest BCUT2D eigenvalue weighted by atomic mass is 35.5. The van der Waals surface area contributed by atoms with Gasteiger partial charge in [-0.2, -0.15) is 0 Å². The predicted octanol–water partition coefficient (Wildman–Crippen LogP) is 3.49. The zero-order chi connectivity index (χ0) is 15.3. The first-order valence-corrected chi connectivity index (χ1v) is 7.19. The molecule has 0 saturated heterocycles. The largest absolute Gasteiger partial charge is 0.330 e. The number of urea groups is 1. The van der Waals surface area contributed by atoms with Gasteiger partial charge < -0.3 is 16.0 Å².